The number of alkyl carbamates (subject to hydrolysis) is 1. The minimum absolute atomic E-state index is 0.0487. The minimum Gasteiger partial charge on any atom is -0.508 e. The summed E-state index contributed by atoms with van der Waals surface area (Å²) in [7, 11) is 0. The molecule has 0 aromatic heterocycles. The van der Waals surface area contributed by atoms with E-state index < -0.39 is 53.5 Å². The molecule has 1 aromatic carbocycles. The molecule has 10 nitrogen and oxygen atoms in total. The SMILES string of the molecule is CCC(C)(C)N(C(=O)C(CC(N)=O)NC(=O)OC(C)(C)C)C(C(=O)NC(C)C)c1ccc(O)c(C)c1. The van der Waals surface area contributed by atoms with Gasteiger partial charge in [0.05, 0.1) is 6.42 Å². The van der Waals surface area contributed by atoms with Crippen molar-refractivity contribution >= 4 is 23.8 Å². The number of rotatable bonds is 10. The van der Waals surface area contributed by atoms with Crippen molar-refractivity contribution < 1.29 is 29.0 Å². The van der Waals surface area contributed by atoms with Crippen molar-refractivity contribution in [3.8, 4) is 5.75 Å². The molecule has 0 saturated carbocycles. The van der Waals surface area contributed by atoms with Crippen LogP contribution in [0.25, 0.3) is 0 Å². The van der Waals surface area contributed by atoms with Gasteiger partial charge in [-0.2, -0.15) is 0 Å². The van der Waals surface area contributed by atoms with Crippen LogP contribution in [0.5, 0.6) is 5.75 Å². The van der Waals surface area contributed by atoms with Crippen molar-refractivity contribution in [2.75, 3.05) is 0 Å². The number of carbonyl (C=O) groups is 4. The van der Waals surface area contributed by atoms with E-state index in [0.29, 0.717) is 17.5 Å². The van der Waals surface area contributed by atoms with E-state index in [-0.39, 0.29) is 11.8 Å². The standard InChI is InChI=1S/C26H42N4O6/c1-10-26(8,9)30(23(34)18(14-20(27)32)29-24(35)36-25(5,6)7)21(22(33)28-15(2)3)17-11-12-19(31)16(4)13-17/h11-13,15,18,21,31H,10,14H2,1-9H3,(H2,27,32)(H,28,33)(H,29,35). The van der Waals surface area contributed by atoms with Gasteiger partial charge in [-0.3, -0.25) is 14.4 Å². The summed E-state index contributed by atoms with van der Waals surface area (Å²) in [5.41, 5.74) is 4.69. The Morgan fingerprint density at radius 1 is 1.08 bits per heavy atom. The van der Waals surface area contributed by atoms with Crippen LogP contribution >= 0.6 is 0 Å². The molecule has 0 spiro atoms. The summed E-state index contributed by atoms with van der Waals surface area (Å²) < 4.78 is 5.29. The molecule has 10 heteroatoms. The normalized spacial score (nSPS) is 13.5. The molecule has 2 atom stereocenters. The number of aromatic hydroxyl groups is 1. The minimum atomic E-state index is -1.37. The highest BCUT2D eigenvalue weighted by atomic mass is 16.6. The van der Waals surface area contributed by atoms with Crippen LogP contribution in [0.1, 0.15) is 85.4 Å². The molecular weight excluding hydrogens is 464 g/mol. The van der Waals surface area contributed by atoms with E-state index in [0.717, 1.165) is 0 Å². The average Bonchev–Trinajstić information content (AvgIpc) is 2.70. The lowest BCUT2D eigenvalue weighted by Crippen LogP contribution is -2.60. The molecule has 0 fully saturated rings. The second-order valence-electron chi connectivity index (χ2n) is 10.9. The van der Waals surface area contributed by atoms with Crippen molar-refractivity contribution in [3.63, 3.8) is 0 Å². The highest BCUT2D eigenvalue weighted by molar-refractivity contribution is 5.95. The Labute approximate surface area is 213 Å². The maximum atomic E-state index is 14.1. The van der Waals surface area contributed by atoms with Crippen molar-refractivity contribution in [1.82, 2.24) is 15.5 Å². The van der Waals surface area contributed by atoms with Gasteiger partial charge in [0.15, 0.2) is 0 Å². The number of nitrogens with two attached hydrogens (primary N) is 1. The molecule has 0 aliphatic carbocycles. The summed E-state index contributed by atoms with van der Waals surface area (Å²) in [4.78, 5) is 53.4. The highest BCUT2D eigenvalue weighted by Gasteiger charge is 2.43. The molecule has 0 aliphatic rings. The lowest BCUT2D eigenvalue weighted by molar-refractivity contribution is -0.150. The third-order valence-corrected chi connectivity index (χ3v) is 5.62. The number of carbonyl (C=O) groups excluding carboxylic acids is 4. The molecular formula is C26H42N4O6. The van der Waals surface area contributed by atoms with Crippen LogP contribution < -0.4 is 16.4 Å². The number of hydrogen-bond donors (Lipinski definition) is 4. The molecule has 0 radical (unpaired) electrons. The van der Waals surface area contributed by atoms with Gasteiger partial charge in [0.2, 0.25) is 17.7 Å². The smallest absolute Gasteiger partial charge is 0.408 e. The Morgan fingerprint density at radius 2 is 1.67 bits per heavy atom. The summed E-state index contributed by atoms with van der Waals surface area (Å²) in [6.45, 7) is 15.8. The zero-order valence-electron chi connectivity index (χ0n) is 22.9. The third kappa shape index (κ3) is 8.73. The van der Waals surface area contributed by atoms with Crippen LogP contribution in [0.15, 0.2) is 18.2 Å². The number of primary amides is 1. The van der Waals surface area contributed by atoms with Crippen molar-refractivity contribution in [3.05, 3.63) is 29.3 Å². The Morgan fingerprint density at radius 3 is 2.11 bits per heavy atom. The van der Waals surface area contributed by atoms with E-state index in [9.17, 15) is 24.3 Å². The molecule has 0 heterocycles. The van der Waals surface area contributed by atoms with Crippen molar-refractivity contribution in [2.24, 2.45) is 5.73 Å². The molecule has 36 heavy (non-hydrogen) atoms. The fraction of sp³-hybridized carbons (Fsp3) is 0.615. The fourth-order valence-corrected chi connectivity index (χ4v) is 3.59. The molecule has 4 amide bonds. The Bertz CT molecular complexity index is 968. The van der Waals surface area contributed by atoms with Gasteiger partial charge < -0.3 is 31.1 Å². The molecule has 1 aromatic rings. The Hall–Kier alpha value is -3.30. The van der Waals surface area contributed by atoms with Crippen molar-refractivity contribution in [1.29, 1.82) is 0 Å². The zero-order chi connectivity index (χ0) is 28.0. The summed E-state index contributed by atoms with van der Waals surface area (Å²) in [6, 6.07) is 1.96. The lowest BCUT2D eigenvalue weighted by Gasteiger charge is -2.44. The van der Waals surface area contributed by atoms with Crippen molar-refractivity contribution in [2.45, 2.75) is 104 Å². The maximum absolute atomic E-state index is 14.1. The molecule has 2 unspecified atom stereocenters. The number of hydrogen-bond acceptors (Lipinski definition) is 6. The second-order valence-corrected chi connectivity index (χ2v) is 10.9. The predicted molar refractivity (Wildman–Crippen MR) is 137 cm³/mol. The molecule has 0 bridgehead atoms. The largest absolute Gasteiger partial charge is 0.508 e. The zero-order valence-corrected chi connectivity index (χ0v) is 22.9. The van der Waals surface area contributed by atoms with Crippen LogP contribution in [-0.2, 0) is 19.1 Å². The van der Waals surface area contributed by atoms with Gasteiger partial charge in [-0.25, -0.2) is 4.79 Å². The Balaban J connectivity index is 3.70. The van der Waals surface area contributed by atoms with Gasteiger partial charge in [0, 0.05) is 11.6 Å². The number of benzene rings is 1. The number of nitrogens with zero attached hydrogens (tertiary/aromatic N) is 1. The van der Waals surface area contributed by atoms with E-state index in [1.807, 2.05) is 6.92 Å². The van der Waals surface area contributed by atoms with E-state index in [1.165, 1.54) is 11.0 Å². The lowest BCUT2D eigenvalue weighted by atomic mass is 9.91. The first-order valence-corrected chi connectivity index (χ1v) is 12.1. The van der Waals surface area contributed by atoms with E-state index in [4.69, 9.17) is 10.5 Å². The van der Waals surface area contributed by atoms with E-state index in [2.05, 4.69) is 10.6 Å². The quantitative estimate of drug-likeness (QED) is 0.383. The molecule has 202 valence electrons. The average molecular weight is 507 g/mol. The third-order valence-electron chi connectivity index (χ3n) is 5.62. The molecule has 0 saturated heterocycles. The topological polar surface area (TPSA) is 151 Å². The summed E-state index contributed by atoms with van der Waals surface area (Å²) in [6.07, 6.45) is -0.918. The number of nitrogens with one attached hydrogen (secondary N) is 2. The number of aryl methyl sites for hydroxylation is 1. The predicted octanol–water partition coefficient (Wildman–Crippen LogP) is 3.05. The van der Waals surface area contributed by atoms with Crippen LogP contribution in [0.2, 0.25) is 0 Å². The van der Waals surface area contributed by atoms with Gasteiger partial charge in [-0.15, -0.1) is 0 Å². The molecule has 0 aliphatic heterocycles. The number of phenolic OH excluding ortho intramolecular Hbond substituents is 1. The number of amides is 4. The van der Waals surface area contributed by atoms with Gasteiger partial charge in [0.1, 0.15) is 23.4 Å². The Kier molecular flexibility index (Phi) is 10.3. The van der Waals surface area contributed by atoms with E-state index >= 15 is 0 Å². The maximum Gasteiger partial charge on any atom is 0.408 e. The van der Waals surface area contributed by atoms with Crippen LogP contribution in [0.4, 0.5) is 4.79 Å². The monoisotopic (exact) mass is 506 g/mol. The first-order chi connectivity index (χ1) is 16.4. The second kappa shape index (κ2) is 12.1. The highest BCUT2D eigenvalue weighted by Crippen LogP contribution is 2.34. The number of phenols is 1. The van der Waals surface area contributed by atoms with Gasteiger partial charge >= 0.3 is 6.09 Å². The van der Waals surface area contributed by atoms with Crippen LogP contribution in [-0.4, -0.2) is 57.0 Å². The van der Waals surface area contributed by atoms with E-state index in [1.54, 1.807) is 67.5 Å². The van der Waals surface area contributed by atoms with Crippen LogP contribution in [0.3, 0.4) is 0 Å². The van der Waals surface area contributed by atoms with Gasteiger partial charge in [-0.1, -0.05) is 13.0 Å². The number of ether oxygens (including phenoxy) is 1. The fourth-order valence-electron chi connectivity index (χ4n) is 3.59. The van der Waals surface area contributed by atoms with Gasteiger partial charge in [-0.05, 0) is 85.1 Å². The summed E-state index contributed by atoms with van der Waals surface area (Å²) >= 11 is 0. The van der Waals surface area contributed by atoms with Gasteiger partial charge in [0.25, 0.3) is 0 Å². The molecule has 1 rings (SSSR count). The summed E-state index contributed by atoms with van der Waals surface area (Å²) in [5.74, 6) is -1.86. The molecule has 5 N–H and O–H groups in total. The van der Waals surface area contributed by atoms with Crippen LogP contribution in [0, 0.1) is 6.92 Å². The summed E-state index contributed by atoms with van der Waals surface area (Å²) in [5, 5.41) is 15.4. The first-order valence-electron chi connectivity index (χ1n) is 12.1. The first kappa shape index (κ1) is 30.7.